The van der Waals surface area contributed by atoms with Crippen LogP contribution in [0.15, 0.2) is 0 Å². The molecular formula is C13H25N2O. The summed E-state index contributed by atoms with van der Waals surface area (Å²) in [6.07, 6.45) is 5.33. The number of rotatable bonds is 4. The number of hydrogen-bond donors (Lipinski definition) is 0. The highest BCUT2D eigenvalue weighted by Crippen LogP contribution is 2.20. The summed E-state index contributed by atoms with van der Waals surface area (Å²) in [6.45, 7) is 7.95. The van der Waals surface area contributed by atoms with E-state index in [0.717, 1.165) is 32.2 Å². The van der Waals surface area contributed by atoms with Gasteiger partial charge in [-0.3, -0.25) is 4.90 Å². The highest BCUT2D eigenvalue weighted by molar-refractivity contribution is 4.72. The van der Waals surface area contributed by atoms with Crippen molar-refractivity contribution in [1.29, 1.82) is 0 Å². The molecule has 0 aromatic rings. The molecule has 2 fully saturated rings. The van der Waals surface area contributed by atoms with Crippen LogP contribution < -0.4 is 0 Å². The molecule has 0 bridgehead atoms. The lowest BCUT2D eigenvalue weighted by molar-refractivity contribution is 0.0616. The van der Waals surface area contributed by atoms with Gasteiger partial charge in [-0.25, -0.2) is 0 Å². The summed E-state index contributed by atoms with van der Waals surface area (Å²) in [5, 5.41) is 0. The number of ether oxygens (including phenoxy) is 1. The van der Waals surface area contributed by atoms with Crippen molar-refractivity contribution in [2.45, 2.75) is 25.7 Å². The molecule has 0 spiro atoms. The second-order valence-electron chi connectivity index (χ2n) is 5.16. The predicted molar refractivity (Wildman–Crippen MR) is 66.1 cm³/mol. The molecule has 2 saturated heterocycles. The maximum atomic E-state index is 5.38. The summed E-state index contributed by atoms with van der Waals surface area (Å²) >= 11 is 0. The predicted octanol–water partition coefficient (Wildman–Crippen LogP) is 1.60. The van der Waals surface area contributed by atoms with Crippen molar-refractivity contribution < 1.29 is 4.74 Å². The molecule has 0 saturated carbocycles. The molecular weight excluding hydrogens is 200 g/mol. The lowest BCUT2D eigenvalue weighted by atomic mass is 9.95. The number of hydrogen-bond acceptors (Lipinski definition) is 3. The van der Waals surface area contributed by atoms with Crippen molar-refractivity contribution >= 4 is 0 Å². The second-order valence-corrected chi connectivity index (χ2v) is 5.16. The van der Waals surface area contributed by atoms with Crippen LogP contribution in [-0.4, -0.2) is 55.7 Å². The fourth-order valence-electron chi connectivity index (χ4n) is 2.65. The third-order valence-corrected chi connectivity index (χ3v) is 3.89. The summed E-state index contributed by atoms with van der Waals surface area (Å²) < 4.78 is 5.38. The summed E-state index contributed by atoms with van der Waals surface area (Å²) in [5.74, 6) is 0.933. The molecule has 0 aliphatic carbocycles. The van der Waals surface area contributed by atoms with Gasteiger partial charge in [0.15, 0.2) is 0 Å². The van der Waals surface area contributed by atoms with Gasteiger partial charge < -0.3 is 9.64 Å². The van der Waals surface area contributed by atoms with E-state index in [9.17, 15) is 0 Å². The third-order valence-electron chi connectivity index (χ3n) is 3.89. The van der Waals surface area contributed by atoms with Gasteiger partial charge in [-0.1, -0.05) is 0 Å². The first-order valence-electron chi connectivity index (χ1n) is 6.70. The van der Waals surface area contributed by atoms with Crippen molar-refractivity contribution in [3.63, 3.8) is 0 Å². The van der Waals surface area contributed by atoms with E-state index in [1.54, 1.807) is 0 Å². The van der Waals surface area contributed by atoms with Gasteiger partial charge in [-0.05, 0) is 38.1 Å². The topological polar surface area (TPSA) is 15.7 Å². The smallest absolute Gasteiger partial charge is 0.0468 e. The molecule has 0 unspecified atom stereocenters. The van der Waals surface area contributed by atoms with Gasteiger partial charge in [-0.15, -0.1) is 0 Å². The second kappa shape index (κ2) is 6.58. The van der Waals surface area contributed by atoms with Crippen molar-refractivity contribution in [2.24, 2.45) is 5.92 Å². The summed E-state index contributed by atoms with van der Waals surface area (Å²) in [5.41, 5.74) is 0. The molecule has 2 rings (SSSR count). The highest BCUT2D eigenvalue weighted by atomic mass is 16.5. The SMILES string of the molecule is [CH2]N1CCN(CCCC2CCOCC2)CC1. The minimum absolute atomic E-state index is 0.933. The maximum Gasteiger partial charge on any atom is 0.0468 e. The average molecular weight is 225 g/mol. The van der Waals surface area contributed by atoms with Gasteiger partial charge in [0, 0.05) is 46.4 Å². The Balaban J connectivity index is 1.53. The van der Waals surface area contributed by atoms with Crippen molar-refractivity contribution in [3.8, 4) is 0 Å². The number of piperazine rings is 1. The van der Waals surface area contributed by atoms with E-state index in [4.69, 9.17) is 4.74 Å². The van der Waals surface area contributed by atoms with Gasteiger partial charge in [0.2, 0.25) is 0 Å². The Bertz CT molecular complexity index is 184. The van der Waals surface area contributed by atoms with Crippen LogP contribution in [0.1, 0.15) is 25.7 Å². The van der Waals surface area contributed by atoms with E-state index in [-0.39, 0.29) is 0 Å². The van der Waals surface area contributed by atoms with Gasteiger partial charge in [0.25, 0.3) is 0 Å². The molecule has 1 radical (unpaired) electrons. The van der Waals surface area contributed by atoms with Crippen LogP contribution in [-0.2, 0) is 4.74 Å². The first kappa shape index (κ1) is 12.3. The van der Waals surface area contributed by atoms with E-state index in [2.05, 4.69) is 16.8 Å². The first-order valence-corrected chi connectivity index (χ1v) is 6.70. The minimum Gasteiger partial charge on any atom is -0.381 e. The van der Waals surface area contributed by atoms with E-state index in [1.165, 1.54) is 45.3 Å². The molecule has 2 heterocycles. The molecule has 0 atom stereocenters. The van der Waals surface area contributed by atoms with Crippen molar-refractivity contribution in [3.05, 3.63) is 7.05 Å². The van der Waals surface area contributed by atoms with Crippen molar-refractivity contribution in [1.82, 2.24) is 9.80 Å². The van der Waals surface area contributed by atoms with Gasteiger partial charge in [0.05, 0.1) is 0 Å². The summed E-state index contributed by atoms with van der Waals surface area (Å²) in [4.78, 5) is 4.76. The van der Waals surface area contributed by atoms with Crippen LogP contribution in [0.25, 0.3) is 0 Å². The van der Waals surface area contributed by atoms with E-state index in [1.807, 2.05) is 0 Å². The molecule has 0 aromatic carbocycles. The molecule has 2 aliphatic rings. The lowest BCUT2D eigenvalue weighted by Crippen LogP contribution is -2.43. The highest BCUT2D eigenvalue weighted by Gasteiger charge is 2.16. The summed E-state index contributed by atoms with van der Waals surface area (Å²) in [6, 6.07) is 0. The maximum absolute atomic E-state index is 5.38. The van der Waals surface area contributed by atoms with Crippen LogP contribution in [0.2, 0.25) is 0 Å². The zero-order chi connectivity index (χ0) is 11.2. The fourth-order valence-corrected chi connectivity index (χ4v) is 2.65. The van der Waals surface area contributed by atoms with Gasteiger partial charge in [-0.2, -0.15) is 0 Å². The molecule has 0 N–H and O–H groups in total. The Morgan fingerprint density at radius 2 is 1.75 bits per heavy atom. The standard InChI is InChI=1S/C13H25N2O/c1-14-7-9-15(10-8-14)6-2-3-13-4-11-16-12-5-13/h13H,1-12H2. The van der Waals surface area contributed by atoms with E-state index < -0.39 is 0 Å². The Hall–Kier alpha value is -0.120. The third kappa shape index (κ3) is 4.04. The molecule has 16 heavy (non-hydrogen) atoms. The largest absolute Gasteiger partial charge is 0.381 e. The van der Waals surface area contributed by atoms with Crippen LogP contribution in [0, 0.1) is 13.0 Å². The fraction of sp³-hybridized carbons (Fsp3) is 0.923. The van der Waals surface area contributed by atoms with Crippen LogP contribution >= 0.6 is 0 Å². The minimum atomic E-state index is 0.933. The Morgan fingerprint density at radius 1 is 1.06 bits per heavy atom. The molecule has 3 heteroatoms. The summed E-state index contributed by atoms with van der Waals surface area (Å²) in [7, 11) is 3.98. The molecule has 0 aromatic heterocycles. The zero-order valence-corrected chi connectivity index (χ0v) is 10.4. The van der Waals surface area contributed by atoms with Gasteiger partial charge >= 0.3 is 0 Å². The number of nitrogens with zero attached hydrogens (tertiary/aromatic N) is 2. The normalized spacial score (nSPS) is 26.1. The molecule has 0 amide bonds. The molecule has 93 valence electrons. The van der Waals surface area contributed by atoms with Crippen LogP contribution in [0.5, 0.6) is 0 Å². The van der Waals surface area contributed by atoms with E-state index in [0.29, 0.717) is 0 Å². The Kier molecular flexibility index (Phi) is 5.07. The first-order chi connectivity index (χ1) is 7.84. The van der Waals surface area contributed by atoms with Crippen LogP contribution in [0.4, 0.5) is 0 Å². The Labute approximate surface area is 99.7 Å². The molecule has 2 aliphatic heterocycles. The molecule has 3 nitrogen and oxygen atoms in total. The Morgan fingerprint density at radius 3 is 2.44 bits per heavy atom. The monoisotopic (exact) mass is 225 g/mol. The quantitative estimate of drug-likeness (QED) is 0.723. The van der Waals surface area contributed by atoms with Gasteiger partial charge in [0.1, 0.15) is 0 Å². The van der Waals surface area contributed by atoms with Crippen LogP contribution in [0.3, 0.4) is 0 Å². The van der Waals surface area contributed by atoms with Crippen molar-refractivity contribution in [2.75, 3.05) is 45.9 Å². The van der Waals surface area contributed by atoms with E-state index >= 15 is 0 Å². The average Bonchev–Trinajstić information content (AvgIpc) is 2.33. The lowest BCUT2D eigenvalue weighted by Gasteiger charge is -2.32. The zero-order valence-electron chi connectivity index (χ0n) is 10.4.